The van der Waals surface area contributed by atoms with E-state index in [1.54, 1.807) is 40.3 Å². The van der Waals surface area contributed by atoms with Crippen LogP contribution in [0.25, 0.3) is 17.1 Å². The first-order chi connectivity index (χ1) is 15.9. The normalized spacial score (nSPS) is 10.6. The lowest BCUT2D eigenvalue weighted by molar-refractivity contribution is -0.125. The summed E-state index contributed by atoms with van der Waals surface area (Å²) in [6.07, 6.45) is 0. The van der Waals surface area contributed by atoms with Crippen molar-refractivity contribution >= 4 is 17.7 Å². The topological polar surface area (TPSA) is 87.9 Å². The molecule has 2 aromatic carbocycles. The Morgan fingerprint density at radius 2 is 1.64 bits per heavy atom. The van der Waals surface area contributed by atoms with Crippen molar-refractivity contribution in [2.24, 2.45) is 0 Å². The summed E-state index contributed by atoms with van der Waals surface area (Å²) < 4.78 is 23.9. The van der Waals surface area contributed by atoms with Gasteiger partial charge in [-0.3, -0.25) is 9.36 Å². The van der Waals surface area contributed by atoms with Gasteiger partial charge in [-0.25, -0.2) is 0 Å². The highest BCUT2D eigenvalue weighted by molar-refractivity contribution is 7.99. The van der Waals surface area contributed by atoms with E-state index in [0.717, 1.165) is 17.0 Å². The number of hydrogen-bond donors (Lipinski definition) is 0. The fourth-order valence-electron chi connectivity index (χ4n) is 3.11. The third-order valence-corrected chi connectivity index (χ3v) is 5.70. The molecule has 0 fully saturated rings. The molecule has 33 heavy (non-hydrogen) atoms. The molecule has 176 valence electrons. The summed E-state index contributed by atoms with van der Waals surface area (Å²) in [7, 11) is 8.13. The molecule has 0 saturated carbocycles. The average molecular weight is 473 g/mol. The van der Waals surface area contributed by atoms with Gasteiger partial charge in [0.05, 0.1) is 33.7 Å². The van der Waals surface area contributed by atoms with Gasteiger partial charge in [0.1, 0.15) is 5.75 Å². The van der Waals surface area contributed by atoms with Crippen LogP contribution in [-0.2, 0) is 4.79 Å². The zero-order valence-corrected chi connectivity index (χ0v) is 20.4. The molecule has 0 N–H and O–H groups in total. The molecule has 0 aliphatic carbocycles. The Kier molecular flexibility index (Phi) is 8.05. The Labute approximate surface area is 197 Å². The molecule has 0 radical (unpaired) electrons. The molecule has 0 atom stereocenters. The number of benzene rings is 2. The van der Waals surface area contributed by atoms with Crippen LogP contribution in [0.3, 0.4) is 0 Å². The number of ether oxygens (including phenoxy) is 4. The van der Waals surface area contributed by atoms with Gasteiger partial charge in [-0.1, -0.05) is 11.8 Å². The van der Waals surface area contributed by atoms with E-state index < -0.39 is 0 Å². The maximum Gasteiger partial charge on any atom is 0.232 e. The standard InChI is InChI=1S/C23H28N4O5S/c1-7-32-17-10-8-16(9-11-17)27-22(24-25-23(27)33-14-20(28)26(2)3)15-12-18(29-4)21(31-6)19(13-15)30-5/h8-13H,7,14H2,1-6H3. The number of amides is 1. The Morgan fingerprint density at radius 1 is 1.00 bits per heavy atom. The van der Waals surface area contributed by atoms with Crippen LogP contribution < -0.4 is 18.9 Å². The molecule has 0 aliphatic heterocycles. The largest absolute Gasteiger partial charge is 0.494 e. The molecule has 9 nitrogen and oxygen atoms in total. The SMILES string of the molecule is CCOc1ccc(-n2c(SCC(=O)N(C)C)nnc2-c2cc(OC)c(OC)c(OC)c2)cc1. The van der Waals surface area contributed by atoms with E-state index in [4.69, 9.17) is 18.9 Å². The number of hydrogen-bond acceptors (Lipinski definition) is 8. The second-order valence-electron chi connectivity index (χ2n) is 7.06. The van der Waals surface area contributed by atoms with E-state index in [2.05, 4.69) is 10.2 Å². The molecule has 0 spiro atoms. The maximum absolute atomic E-state index is 12.2. The van der Waals surface area contributed by atoms with Crippen molar-refractivity contribution in [2.45, 2.75) is 12.1 Å². The molecule has 3 rings (SSSR count). The number of methoxy groups -OCH3 is 3. The molecule has 1 aromatic heterocycles. The van der Waals surface area contributed by atoms with Crippen LogP contribution in [-0.4, -0.2) is 73.4 Å². The van der Waals surface area contributed by atoms with Gasteiger partial charge in [0, 0.05) is 25.3 Å². The van der Waals surface area contributed by atoms with Gasteiger partial charge in [-0.2, -0.15) is 0 Å². The minimum absolute atomic E-state index is 0.0180. The van der Waals surface area contributed by atoms with E-state index in [-0.39, 0.29) is 11.7 Å². The number of thioether (sulfide) groups is 1. The lowest BCUT2D eigenvalue weighted by atomic mass is 10.1. The lowest BCUT2D eigenvalue weighted by Gasteiger charge is -2.15. The van der Waals surface area contributed by atoms with Crippen molar-refractivity contribution in [1.29, 1.82) is 0 Å². The van der Waals surface area contributed by atoms with Crippen LogP contribution in [0.15, 0.2) is 41.6 Å². The molecular formula is C23H28N4O5S. The minimum Gasteiger partial charge on any atom is -0.494 e. The quantitative estimate of drug-likeness (QED) is 0.414. The van der Waals surface area contributed by atoms with Crippen molar-refractivity contribution in [1.82, 2.24) is 19.7 Å². The first-order valence-corrected chi connectivity index (χ1v) is 11.2. The zero-order valence-electron chi connectivity index (χ0n) is 19.6. The predicted molar refractivity (Wildman–Crippen MR) is 127 cm³/mol. The first-order valence-electron chi connectivity index (χ1n) is 10.2. The highest BCUT2D eigenvalue weighted by atomic mass is 32.2. The summed E-state index contributed by atoms with van der Waals surface area (Å²) in [4.78, 5) is 13.7. The van der Waals surface area contributed by atoms with Gasteiger partial charge in [-0.05, 0) is 43.3 Å². The third kappa shape index (κ3) is 5.33. The average Bonchev–Trinajstić information content (AvgIpc) is 3.26. The van der Waals surface area contributed by atoms with E-state index in [9.17, 15) is 4.79 Å². The second-order valence-corrected chi connectivity index (χ2v) is 8.00. The van der Waals surface area contributed by atoms with E-state index in [1.807, 2.05) is 47.9 Å². The van der Waals surface area contributed by atoms with E-state index >= 15 is 0 Å². The van der Waals surface area contributed by atoms with Crippen LogP contribution >= 0.6 is 11.8 Å². The van der Waals surface area contributed by atoms with Gasteiger partial charge < -0.3 is 23.8 Å². The van der Waals surface area contributed by atoms with Crippen LogP contribution in [0.4, 0.5) is 0 Å². The first kappa shape index (κ1) is 24.2. The van der Waals surface area contributed by atoms with Crippen LogP contribution in [0.5, 0.6) is 23.0 Å². The summed E-state index contributed by atoms with van der Waals surface area (Å²) in [5.41, 5.74) is 1.55. The molecule has 1 heterocycles. The third-order valence-electron chi connectivity index (χ3n) is 4.79. The Balaban J connectivity index is 2.13. The number of carbonyl (C=O) groups excluding carboxylic acids is 1. The van der Waals surface area contributed by atoms with E-state index in [0.29, 0.717) is 34.8 Å². The summed E-state index contributed by atoms with van der Waals surface area (Å²) in [5.74, 6) is 3.05. The molecule has 10 heteroatoms. The van der Waals surface area contributed by atoms with Crippen molar-refractivity contribution in [3.05, 3.63) is 36.4 Å². The van der Waals surface area contributed by atoms with Gasteiger partial charge >= 0.3 is 0 Å². The fourth-order valence-corrected chi connectivity index (χ4v) is 4.04. The molecule has 0 unspecified atom stereocenters. The van der Waals surface area contributed by atoms with Crippen molar-refractivity contribution in [2.75, 3.05) is 47.8 Å². The maximum atomic E-state index is 12.2. The number of rotatable bonds is 10. The lowest BCUT2D eigenvalue weighted by Crippen LogP contribution is -2.23. The number of nitrogens with zero attached hydrogens (tertiary/aromatic N) is 4. The molecular weight excluding hydrogens is 444 g/mol. The summed E-state index contributed by atoms with van der Waals surface area (Å²) >= 11 is 1.32. The summed E-state index contributed by atoms with van der Waals surface area (Å²) in [5, 5.41) is 9.39. The van der Waals surface area contributed by atoms with Gasteiger partial charge in [0.25, 0.3) is 0 Å². The van der Waals surface area contributed by atoms with Crippen molar-refractivity contribution < 1.29 is 23.7 Å². The Hall–Kier alpha value is -3.40. The summed E-state index contributed by atoms with van der Waals surface area (Å²) in [6.45, 7) is 2.52. The monoisotopic (exact) mass is 472 g/mol. The van der Waals surface area contributed by atoms with Gasteiger partial charge in [-0.15, -0.1) is 10.2 Å². The summed E-state index contributed by atoms with van der Waals surface area (Å²) in [6, 6.07) is 11.3. The van der Waals surface area contributed by atoms with Gasteiger partial charge in [0.2, 0.25) is 11.7 Å². The molecule has 3 aromatic rings. The fraction of sp³-hybridized carbons (Fsp3) is 0.348. The highest BCUT2D eigenvalue weighted by Gasteiger charge is 2.21. The Morgan fingerprint density at radius 3 is 2.15 bits per heavy atom. The molecule has 0 bridgehead atoms. The number of aromatic nitrogens is 3. The molecule has 1 amide bonds. The Bertz CT molecular complexity index is 1070. The van der Waals surface area contributed by atoms with Crippen LogP contribution in [0, 0.1) is 0 Å². The highest BCUT2D eigenvalue weighted by Crippen LogP contribution is 2.41. The van der Waals surface area contributed by atoms with Crippen LogP contribution in [0.2, 0.25) is 0 Å². The minimum atomic E-state index is -0.0180. The van der Waals surface area contributed by atoms with Crippen molar-refractivity contribution in [3.63, 3.8) is 0 Å². The second kappa shape index (κ2) is 11.0. The zero-order chi connectivity index (χ0) is 24.0. The van der Waals surface area contributed by atoms with E-state index in [1.165, 1.54) is 11.8 Å². The predicted octanol–water partition coefficient (Wildman–Crippen LogP) is 3.54. The number of carbonyl (C=O) groups is 1. The molecule has 0 saturated heterocycles. The molecule has 0 aliphatic rings. The van der Waals surface area contributed by atoms with Crippen LogP contribution in [0.1, 0.15) is 6.92 Å². The van der Waals surface area contributed by atoms with Crippen molar-refractivity contribution in [3.8, 4) is 40.1 Å². The van der Waals surface area contributed by atoms with Gasteiger partial charge in [0.15, 0.2) is 22.5 Å². The smallest absolute Gasteiger partial charge is 0.232 e.